The van der Waals surface area contributed by atoms with Gasteiger partial charge in [-0.05, 0) is 38.0 Å². The number of aliphatic hydroxyl groups excluding tert-OH is 1. The first-order valence-electron chi connectivity index (χ1n) is 6.76. The van der Waals surface area contributed by atoms with Crippen molar-refractivity contribution in [1.82, 2.24) is 4.90 Å². The summed E-state index contributed by atoms with van der Waals surface area (Å²) in [5, 5.41) is 10.1. The lowest BCUT2D eigenvalue weighted by Crippen LogP contribution is -2.48. The van der Waals surface area contributed by atoms with Crippen LogP contribution >= 0.6 is 0 Å². The Morgan fingerprint density at radius 3 is 2.95 bits per heavy atom. The summed E-state index contributed by atoms with van der Waals surface area (Å²) in [5.41, 5.74) is 0.523. The first-order chi connectivity index (χ1) is 8.96. The van der Waals surface area contributed by atoms with Gasteiger partial charge >= 0.3 is 0 Å². The largest absolute Gasteiger partial charge is 0.388 e. The van der Waals surface area contributed by atoms with Crippen LogP contribution in [0.2, 0.25) is 0 Å². The van der Waals surface area contributed by atoms with E-state index >= 15 is 0 Å². The minimum Gasteiger partial charge on any atom is -0.388 e. The quantitative estimate of drug-likeness (QED) is 0.909. The third-order valence-electron chi connectivity index (χ3n) is 3.46. The van der Waals surface area contributed by atoms with Crippen LogP contribution in [0.5, 0.6) is 0 Å². The Balaban J connectivity index is 1.85. The van der Waals surface area contributed by atoms with Crippen molar-refractivity contribution in [3.05, 3.63) is 35.6 Å². The second-order valence-electron chi connectivity index (χ2n) is 5.74. The second kappa shape index (κ2) is 5.99. The Hall–Kier alpha value is -0.970. The van der Waals surface area contributed by atoms with E-state index in [4.69, 9.17) is 4.74 Å². The number of hydrogen-bond donors (Lipinski definition) is 1. The summed E-state index contributed by atoms with van der Waals surface area (Å²) in [6.07, 6.45) is 0.00107. The Labute approximate surface area is 114 Å². The number of hydrogen-bond acceptors (Lipinski definition) is 3. The van der Waals surface area contributed by atoms with Gasteiger partial charge in [0.25, 0.3) is 0 Å². The Kier molecular flexibility index (Phi) is 4.55. The van der Waals surface area contributed by atoms with Crippen LogP contribution in [0.15, 0.2) is 24.3 Å². The Morgan fingerprint density at radius 2 is 2.26 bits per heavy atom. The fourth-order valence-electron chi connectivity index (χ4n) is 2.49. The molecule has 0 aromatic heterocycles. The summed E-state index contributed by atoms with van der Waals surface area (Å²) < 4.78 is 18.7. The standard InChI is InChI=1S/C15H22FNO2/c1-15(2)11-17(8-9-19-15)7-6-14(18)12-4-3-5-13(16)10-12/h3-5,10,14,18H,6-9,11H2,1-2H3. The number of morpholine rings is 1. The predicted molar refractivity (Wildman–Crippen MR) is 72.4 cm³/mol. The smallest absolute Gasteiger partial charge is 0.123 e. The molecule has 1 aromatic rings. The van der Waals surface area contributed by atoms with Crippen molar-refractivity contribution in [3.63, 3.8) is 0 Å². The Bertz CT molecular complexity index is 422. The van der Waals surface area contributed by atoms with Crippen LogP contribution in [0.4, 0.5) is 4.39 Å². The van der Waals surface area contributed by atoms with Gasteiger partial charge in [-0.2, -0.15) is 0 Å². The first-order valence-corrected chi connectivity index (χ1v) is 6.76. The summed E-state index contributed by atoms with van der Waals surface area (Å²) in [5.74, 6) is -0.302. The molecule has 1 N–H and O–H groups in total. The zero-order chi connectivity index (χ0) is 13.9. The van der Waals surface area contributed by atoms with Crippen molar-refractivity contribution >= 4 is 0 Å². The molecule has 1 aliphatic heterocycles. The molecule has 1 atom stereocenters. The topological polar surface area (TPSA) is 32.7 Å². The lowest BCUT2D eigenvalue weighted by atomic mass is 10.0. The molecule has 1 aromatic carbocycles. The van der Waals surface area contributed by atoms with Crippen molar-refractivity contribution in [2.45, 2.75) is 32.0 Å². The third-order valence-corrected chi connectivity index (χ3v) is 3.46. The fourth-order valence-corrected chi connectivity index (χ4v) is 2.49. The van der Waals surface area contributed by atoms with Crippen LogP contribution in [0.25, 0.3) is 0 Å². The first kappa shape index (κ1) is 14.4. The number of aliphatic hydroxyl groups is 1. The molecule has 1 saturated heterocycles. The van der Waals surface area contributed by atoms with Crippen molar-refractivity contribution in [1.29, 1.82) is 0 Å². The minimum atomic E-state index is -0.610. The highest BCUT2D eigenvalue weighted by molar-refractivity contribution is 5.18. The molecule has 0 radical (unpaired) electrons. The zero-order valence-electron chi connectivity index (χ0n) is 11.6. The molecule has 4 heteroatoms. The maximum absolute atomic E-state index is 13.1. The highest BCUT2D eigenvalue weighted by Crippen LogP contribution is 2.21. The monoisotopic (exact) mass is 267 g/mol. The lowest BCUT2D eigenvalue weighted by Gasteiger charge is -2.38. The van der Waals surface area contributed by atoms with Gasteiger partial charge in [-0.25, -0.2) is 4.39 Å². The summed E-state index contributed by atoms with van der Waals surface area (Å²) in [6.45, 7) is 7.42. The van der Waals surface area contributed by atoms with E-state index in [-0.39, 0.29) is 11.4 Å². The predicted octanol–water partition coefficient (Wildman–Crippen LogP) is 2.36. The van der Waals surface area contributed by atoms with Gasteiger partial charge < -0.3 is 9.84 Å². The van der Waals surface area contributed by atoms with E-state index in [1.54, 1.807) is 12.1 Å². The van der Waals surface area contributed by atoms with Crippen LogP contribution in [-0.4, -0.2) is 41.8 Å². The zero-order valence-corrected chi connectivity index (χ0v) is 11.6. The molecule has 1 unspecified atom stereocenters. The molecular formula is C15H22FNO2. The fraction of sp³-hybridized carbons (Fsp3) is 0.600. The number of benzene rings is 1. The van der Waals surface area contributed by atoms with Gasteiger partial charge in [-0.15, -0.1) is 0 Å². The molecule has 0 aliphatic carbocycles. The van der Waals surface area contributed by atoms with E-state index in [9.17, 15) is 9.50 Å². The Morgan fingerprint density at radius 1 is 1.47 bits per heavy atom. The molecule has 1 fully saturated rings. The van der Waals surface area contributed by atoms with Crippen LogP contribution in [0, 0.1) is 5.82 Å². The van der Waals surface area contributed by atoms with Crippen molar-refractivity contribution in [3.8, 4) is 0 Å². The van der Waals surface area contributed by atoms with Crippen molar-refractivity contribution in [2.75, 3.05) is 26.2 Å². The van der Waals surface area contributed by atoms with E-state index in [2.05, 4.69) is 18.7 Å². The number of ether oxygens (including phenoxy) is 1. The van der Waals surface area contributed by atoms with Crippen molar-refractivity contribution in [2.24, 2.45) is 0 Å². The van der Waals surface area contributed by atoms with Crippen LogP contribution in [0.3, 0.4) is 0 Å². The highest BCUT2D eigenvalue weighted by Gasteiger charge is 2.27. The van der Waals surface area contributed by atoms with Gasteiger partial charge in [0.2, 0.25) is 0 Å². The van der Waals surface area contributed by atoms with Crippen LogP contribution in [-0.2, 0) is 4.74 Å². The number of halogens is 1. The van der Waals surface area contributed by atoms with Crippen LogP contribution in [0.1, 0.15) is 31.9 Å². The average Bonchev–Trinajstić information content (AvgIpc) is 2.35. The normalized spacial score (nSPS) is 21.3. The summed E-state index contributed by atoms with van der Waals surface area (Å²) in [6, 6.07) is 6.18. The maximum atomic E-state index is 13.1. The van der Waals surface area contributed by atoms with E-state index in [0.717, 1.165) is 26.2 Å². The number of rotatable bonds is 4. The van der Waals surface area contributed by atoms with Crippen molar-refractivity contribution < 1.29 is 14.2 Å². The molecule has 1 aliphatic rings. The molecule has 106 valence electrons. The van der Waals surface area contributed by atoms with E-state index < -0.39 is 6.10 Å². The summed E-state index contributed by atoms with van der Waals surface area (Å²) >= 11 is 0. The third kappa shape index (κ3) is 4.27. The van der Waals surface area contributed by atoms with Gasteiger partial charge in [-0.3, -0.25) is 4.90 Å². The van der Waals surface area contributed by atoms with Gasteiger partial charge in [0.15, 0.2) is 0 Å². The van der Waals surface area contributed by atoms with Gasteiger partial charge in [0.1, 0.15) is 5.82 Å². The maximum Gasteiger partial charge on any atom is 0.123 e. The summed E-state index contributed by atoms with van der Waals surface area (Å²) in [7, 11) is 0. The lowest BCUT2D eigenvalue weighted by molar-refractivity contribution is -0.0878. The molecular weight excluding hydrogens is 245 g/mol. The molecule has 0 spiro atoms. The molecule has 19 heavy (non-hydrogen) atoms. The van der Waals surface area contributed by atoms with E-state index in [1.807, 2.05) is 0 Å². The van der Waals surface area contributed by atoms with Gasteiger partial charge in [0, 0.05) is 19.6 Å². The molecule has 3 nitrogen and oxygen atoms in total. The van der Waals surface area contributed by atoms with Gasteiger partial charge in [-0.1, -0.05) is 12.1 Å². The molecule has 2 rings (SSSR count). The molecule has 0 saturated carbocycles. The average molecular weight is 267 g/mol. The number of nitrogens with zero attached hydrogens (tertiary/aromatic N) is 1. The van der Waals surface area contributed by atoms with E-state index in [0.29, 0.717) is 12.0 Å². The van der Waals surface area contributed by atoms with E-state index in [1.165, 1.54) is 12.1 Å². The minimum absolute atomic E-state index is 0.123. The van der Waals surface area contributed by atoms with Crippen LogP contribution < -0.4 is 0 Å². The summed E-state index contributed by atoms with van der Waals surface area (Å²) in [4.78, 5) is 2.28. The highest BCUT2D eigenvalue weighted by atomic mass is 19.1. The second-order valence-corrected chi connectivity index (χ2v) is 5.74. The van der Waals surface area contributed by atoms with Gasteiger partial charge in [0.05, 0.1) is 18.3 Å². The SMILES string of the molecule is CC1(C)CN(CCC(O)c2cccc(F)c2)CCO1. The molecule has 1 heterocycles. The molecule has 0 bridgehead atoms. The molecule has 0 amide bonds.